The molecule has 0 radical (unpaired) electrons. The summed E-state index contributed by atoms with van der Waals surface area (Å²) in [5, 5.41) is 4.08. The van der Waals surface area contributed by atoms with Crippen molar-refractivity contribution in [1.82, 2.24) is 9.99 Å². The van der Waals surface area contributed by atoms with Crippen molar-refractivity contribution in [3.05, 3.63) is 113 Å². The van der Waals surface area contributed by atoms with E-state index < -0.39 is 28.3 Å². The highest BCUT2D eigenvalue weighted by molar-refractivity contribution is 7.92. The lowest BCUT2D eigenvalue weighted by atomic mass is 10.1. The molecule has 38 heavy (non-hydrogen) atoms. The van der Waals surface area contributed by atoms with Gasteiger partial charge in [0.2, 0.25) is 0 Å². The number of anilines is 1. The van der Waals surface area contributed by atoms with Crippen molar-refractivity contribution in [2.75, 3.05) is 10.8 Å². The smallest absolute Gasteiger partial charge is 0.264 e. The Bertz CT molecular complexity index is 1570. The van der Waals surface area contributed by atoms with Crippen LogP contribution in [0.1, 0.15) is 28.1 Å². The Labute approximate surface area is 222 Å². The maximum absolute atomic E-state index is 13.5. The van der Waals surface area contributed by atoms with Crippen LogP contribution < -0.4 is 9.73 Å². The lowest BCUT2D eigenvalue weighted by molar-refractivity contribution is -0.119. The molecule has 0 unspecified atom stereocenters. The number of carbonyl (C=O) groups excluding carboxylic acids is 1. The van der Waals surface area contributed by atoms with E-state index >= 15 is 0 Å². The molecule has 0 fully saturated rings. The summed E-state index contributed by atoms with van der Waals surface area (Å²) in [5.41, 5.74) is 8.71. The predicted molar refractivity (Wildman–Crippen MR) is 148 cm³/mol. The van der Waals surface area contributed by atoms with Gasteiger partial charge in [0.15, 0.2) is 0 Å². The fourth-order valence-electron chi connectivity index (χ4n) is 4.38. The number of amides is 1. The number of aryl methyl sites for hydroxylation is 3. The molecule has 0 aliphatic rings. The number of carbonyl (C=O) groups is 1. The zero-order valence-corrected chi connectivity index (χ0v) is 22.5. The molecule has 9 heteroatoms. The molecular weight excluding hydrogens is 503 g/mol. The highest BCUT2D eigenvalue weighted by atomic mass is 32.2. The molecule has 0 atom stereocenters. The van der Waals surface area contributed by atoms with Crippen LogP contribution in [0.2, 0.25) is 0 Å². The minimum atomic E-state index is -4.09. The van der Waals surface area contributed by atoms with Gasteiger partial charge in [-0.1, -0.05) is 24.3 Å². The average Bonchev–Trinajstić information content (AvgIpc) is 3.15. The maximum Gasteiger partial charge on any atom is 0.264 e. The summed E-state index contributed by atoms with van der Waals surface area (Å²) in [6.45, 7) is 7.53. The summed E-state index contributed by atoms with van der Waals surface area (Å²) < 4.78 is 43.2. The number of benzene rings is 3. The predicted octanol–water partition coefficient (Wildman–Crippen LogP) is 5.20. The van der Waals surface area contributed by atoms with Gasteiger partial charge in [0, 0.05) is 22.6 Å². The van der Waals surface area contributed by atoms with Crippen LogP contribution in [0, 0.1) is 33.5 Å². The molecule has 4 aromatic rings. The fourth-order valence-corrected chi connectivity index (χ4v) is 5.82. The molecule has 0 saturated heterocycles. The number of halogens is 1. The molecule has 4 rings (SSSR count). The number of aromatic nitrogens is 1. The molecule has 0 bridgehead atoms. The van der Waals surface area contributed by atoms with Crippen LogP contribution in [0.4, 0.5) is 10.1 Å². The van der Waals surface area contributed by atoms with Crippen LogP contribution in [0.3, 0.4) is 0 Å². The number of nitrogens with one attached hydrogen (secondary N) is 1. The Morgan fingerprint density at radius 3 is 2.21 bits per heavy atom. The van der Waals surface area contributed by atoms with Gasteiger partial charge in [0.25, 0.3) is 15.9 Å². The van der Waals surface area contributed by atoms with E-state index in [2.05, 4.69) is 47.1 Å². The molecule has 0 aliphatic carbocycles. The first-order chi connectivity index (χ1) is 18.1. The second kappa shape index (κ2) is 11.0. The first kappa shape index (κ1) is 26.8. The lowest BCUT2D eigenvalue weighted by Gasteiger charge is -2.23. The van der Waals surface area contributed by atoms with Gasteiger partial charge in [-0.05, 0) is 93.4 Å². The molecule has 0 spiro atoms. The Kier molecular flexibility index (Phi) is 7.78. The maximum atomic E-state index is 13.5. The van der Waals surface area contributed by atoms with E-state index in [4.69, 9.17) is 0 Å². The van der Waals surface area contributed by atoms with Crippen LogP contribution in [-0.4, -0.2) is 31.7 Å². The average molecular weight is 533 g/mol. The van der Waals surface area contributed by atoms with Gasteiger partial charge < -0.3 is 4.57 Å². The number of sulfonamides is 1. The van der Waals surface area contributed by atoms with Gasteiger partial charge in [-0.25, -0.2) is 18.2 Å². The third-order valence-electron chi connectivity index (χ3n) is 6.06. The van der Waals surface area contributed by atoms with Gasteiger partial charge in [0.05, 0.1) is 16.8 Å². The third kappa shape index (κ3) is 5.84. The van der Waals surface area contributed by atoms with E-state index in [1.807, 2.05) is 19.9 Å². The van der Waals surface area contributed by atoms with Crippen molar-refractivity contribution in [3.8, 4) is 5.69 Å². The molecule has 7 nitrogen and oxygen atoms in total. The van der Waals surface area contributed by atoms with E-state index in [-0.39, 0.29) is 10.6 Å². The lowest BCUT2D eigenvalue weighted by Crippen LogP contribution is -2.39. The Hall–Kier alpha value is -4.24. The summed E-state index contributed by atoms with van der Waals surface area (Å²) in [6.07, 6.45) is 1.54. The Balaban J connectivity index is 1.55. The summed E-state index contributed by atoms with van der Waals surface area (Å²) >= 11 is 0. The second-order valence-electron chi connectivity index (χ2n) is 9.10. The Morgan fingerprint density at radius 1 is 0.947 bits per heavy atom. The minimum absolute atomic E-state index is 0.0134. The van der Waals surface area contributed by atoms with E-state index in [1.165, 1.54) is 30.5 Å². The van der Waals surface area contributed by atoms with Crippen LogP contribution in [0.25, 0.3) is 5.69 Å². The van der Waals surface area contributed by atoms with Crippen LogP contribution in [0.5, 0.6) is 0 Å². The highest BCUT2D eigenvalue weighted by Crippen LogP contribution is 2.24. The van der Waals surface area contributed by atoms with Gasteiger partial charge in [-0.2, -0.15) is 5.10 Å². The van der Waals surface area contributed by atoms with Crippen molar-refractivity contribution < 1.29 is 17.6 Å². The first-order valence-electron chi connectivity index (χ1n) is 12.0. The zero-order valence-electron chi connectivity index (χ0n) is 21.6. The van der Waals surface area contributed by atoms with Crippen molar-refractivity contribution in [1.29, 1.82) is 0 Å². The topological polar surface area (TPSA) is 83.8 Å². The number of hydrazone groups is 1. The fraction of sp³-hybridized carbons (Fsp3) is 0.172. The minimum Gasteiger partial charge on any atom is -0.318 e. The van der Waals surface area contributed by atoms with Gasteiger partial charge in [-0.15, -0.1) is 0 Å². The molecule has 0 saturated carbocycles. The molecule has 196 valence electrons. The number of rotatable bonds is 8. The standard InChI is InChI=1S/C29H29FN4O3S/c1-20-14-21(2)16-27(15-20)34-22(3)17-24(23(34)4)18-31-32-29(35)19-33(26-12-10-25(30)11-13-26)38(36,37)28-8-6-5-7-9-28/h5-18H,19H2,1-4H3,(H,32,35)/b31-18+. The van der Waals surface area contributed by atoms with Crippen LogP contribution in [-0.2, 0) is 14.8 Å². The number of hydrogen-bond acceptors (Lipinski definition) is 4. The zero-order chi connectivity index (χ0) is 27.4. The summed E-state index contributed by atoms with van der Waals surface area (Å²) in [6, 6.07) is 21.0. The molecule has 1 amide bonds. The van der Waals surface area contributed by atoms with E-state index in [1.54, 1.807) is 18.2 Å². The molecule has 1 aromatic heterocycles. The van der Waals surface area contributed by atoms with Gasteiger partial charge >= 0.3 is 0 Å². The normalized spacial score (nSPS) is 11.6. The molecule has 1 N–H and O–H groups in total. The van der Waals surface area contributed by atoms with Crippen molar-refractivity contribution >= 4 is 27.8 Å². The first-order valence-corrected chi connectivity index (χ1v) is 13.4. The third-order valence-corrected chi connectivity index (χ3v) is 7.85. The van der Waals surface area contributed by atoms with Crippen LogP contribution in [0.15, 0.2) is 88.9 Å². The van der Waals surface area contributed by atoms with E-state index in [9.17, 15) is 17.6 Å². The number of nitrogens with zero attached hydrogens (tertiary/aromatic N) is 3. The SMILES string of the molecule is Cc1cc(C)cc(-n2c(C)cc(/C=N/NC(=O)CN(c3ccc(F)cc3)S(=O)(=O)c3ccccc3)c2C)c1. The van der Waals surface area contributed by atoms with E-state index in [0.717, 1.165) is 50.2 Å². The van der Waals surface area contributed by atoms with Crippen LogP contribution >= 0.6 is 0 Å². The van der Waals surface area contributed by atoms with Gasteiger partial charge in [-0.3, -0.25) is 9.10 Å². The molecule has 0 aliphatic heterocycles. The van der Waals surface area contributed by atoms with Crippen molar-refractivity contribution in [2.24, 2.45) is 5.10 Å². The summed E-state index contributed by atoms with van der Waals surface area (Å²) in [5.74, 6) is -1.16. The largest absolute Gasteiger partial charge is 0.318 e. The van der Waals surface area contributed by atoms with E-state index in [0.29, 0.717) is 0 Å². The summed E-state index contributed by atoms with van der Waals surface area (Å²) in [4.78, 5) is 12.8. The van der Waals surface area contributed by atoms with Crippen molar-refractivity contribution in [2.45, 2.75) is 32.6 Å². The van der Waals surface area contributed by atoms with Crippen molar-refractivity contribution in [3.63, 3.8) is 0 Å². The monoisotopic (exact) mass is 532 g/mol. The molecule has 3 aromatic carbocycles. The van der Waals surface area contributed by atoms with Gasteiger partial charge in [0.1, 0.15) is 12.4 Å². The Morgan fingerprint density at radius 2 is 1.58 bits per heavy atom. The number of hydrogen-bond donors (Lipinski definition) is 1. The quantitative estimate of drug-likeness (QED) is 0.250. The molecule has 1 heterocycles. The summed E-state index contributed by atoms with van der Waals surface area (Å²) in [7, 11) is -4.09. The highest BCUT2D eigenvalue weighted by Gasteiger charge is 2.27. The second-order valence-corrected chi connectivity index (χ2v) is 11.0. The molecular formula is C29H29FN4O3S.